The van der Waals surface area contributed by atoms with Crippen molar-refractivity contribution in [3.8, 4) is 0 Å². The normalized spacial score (nSPS) is 2.00. The van der Waals surface area contributed by atoms with Gasteiger partial charge in [0.2, 0.25) is 0 Å². The molecule has 0 saturated carbocycles. The van der Waals surface area contributed by atoms with Crippen molar-refractivity contribution >= 4 is 29.2 Å². The van der Waals surface area contributed by atoms with Crippen LogP contribution in [-0.2, 0) is 9.59 Å². The summed E-state index contributed by atoms with van der Waals surface area (Å²) in [4.78, 5) is 16.2. The van der Waals surface area contributed by atoms with E-state index in [-0.39, 0.29) is 29.2 Å². The molecule has 0 amide bonds. The summed E-state index contributed by atoms with van der Waals surface area (Å²) in [7, 11) is 0. The molecule has 0 radical (unpaired) electrons. The van der Waals surface area contributed by atoms with Crippen LogP contribution in [0.5, 0.6) is 0 Å². The van der Waals surface area contributed by atoms with Gasteiger partial charge in [0.1, 0.15) is 0 Å². The fourth-order valence-electron chi connectivity index (χ4n) is 0. The Morgan fingerprint density at radius 3 is 1.25 bits per heavy atom. The Morgan fingerprint density at radius 1 is 1.25 bits per heavy atom. The number of carbonyl (C=O) groups excluding carboxylic acids is 2. The largest absolute Gasteiger partial charge is 2.00 e. The van der Waals surface area contributed by atoms with Gasteiger partial charge in [0, 0.05) is 0 Å². The molecule has 0 aliphatic heterocycles. The smallest absolute Gasteiger partial charge is 0.186 e. The van der Waals surface area contributed by atoms with Crippen LogP contribution in [-0.4, -0.2) is 29.2 Å². The maximum Gasteiger partial charge on any atom is 2.00 e. The monoisotopic (exact) mass is 68.0 g/mol. The fraction of sp³-hybridized carbons (Fsp3) is 0. The van der Waals surface area contributed by atoms with Crippen LogP contribution < -0.4 is 0 Å². The van der Waals surface area contributed by atoms with Crippen LogP contribution in [0.2, 0.25) is 0 Å². The molecule has 0 N–H and O–H groups in total. The van der Waals surface area contributed by atoms with Crippen molar-refractivity contribution in [3.05, 3.63) is 0 Å². The summed E-state index contributed by atoms with van der Waals surface area (Å²) in [5.41, 5.74) is 0. The van der Waals surface area contributed by atoms with Gasteiger partial charge < -0.3 is 0 Å². The Hall–Kier alpha value is 0.146. The van der Waals surface area contributed by atoms with Gasteiger partial charge in [-0.2, -0.15) is 9.59 Å². The van der Waals surface area contributed by atoms with E-state index in [9.17, 15) is 0 Å². The molecule has 0 aromatic carbocycles. The average Bonchev–Trinajstić information content (AvgIpc) is 0.918. The van der Waals surface area contributed by atoms with Crippen molar-refractivity contribution in [1.29, 1.82) is 0 Å². The number of hydrogen-bond donors (Lipinski definition) is 0. The van der Waals surface area contributed by atoms with E-state index in [1.165, 1.54) is 0 Å². The van der Waals surface area contributed by atoms with Crippen molar-refractivity contribution in [3.63, 3.8) is 0 Å². The zero-order valence-corrected chi connectivity index (χ0v) is 3.44. The van der Waals surface area contributed by atoms with Crippen LogP contribution in [0.1, 0.15) is 0 Å². The van der Waals surface area contributed by atoms with Crippen LogP contribution in [0.25, 0.3) is 0 Å². The number of rotatable bonds is 0. The van der Waals surface area contributed by atoms with Gasteiger partial charge in [0.15, 0.2) is 0 Å². The van der Waals surface area contributed by atoms with E-state index in [0.29, 0.717) is 0 Å². The summed E-state index contributed by atoms with van der Waals surface area (Å²) >= 11 is 0. The fourth-order valence-corrected chi connectivity index (χ4v) is 0. The second kappa shape index (κ2) is 11.0. The van der Waals surface area contributed by atoms with E-state index in [0.717, 1.165) is 0 Å². The Kier molecular flexibility index (Phi) is 24.6. The third-order valence-corrected chi connectivity index (χ3v) is 0. The number of hydrogen-bond acceptors (Lipinski definition) is 2. The summed E-state index contributed by atoms with van der Waals surface area (Å²) < 4.78 is 0. The Labute approximate surface area is 39.3 Å². The van der Waals surface area contributed by atoms with Gasteiger partial charge >= 0.3 is 29.2 Å². The van der Waals surface area contributed by atoms with Crippen molar-refractivity contribution in [2.24, 2.45) is 0 Å². The zero-order valence-electron chi connectivity index (χ0n) is 2.02. The molecule has 0 rings (SSSR count). The van der Waals surface area contributed by atoms with Gasteiger partial charge in [-0.05, 0) is 0 Å². The molecule has 3 heteroatoms. The van der Waals surface area contributed by atoms with Gasteiger partial charge in [-0.3, -0.25) is 0 Å². The summed E-state index contributed by atoms with van der Waals surface area (Å²) in [6.45, 7) is 0. The average molecular weight is 68.3 g/mol. The molecule has 0 spiro atoms. The maximum absolute atomic E-state index is 8.12. The molecular formula is CMgO2+2. The summed E-state index contributed by atoms with van der Waals surface area (Å²) in [5.74, 6) is 0. The van der Waals surface area contributed by atoms with Crippen LogP contribution in [0.3, 0.4) is 0 Å². The van der Waals surface area contributed by atoms with Gasteiger partial charge in [0.25, 0.3) is 0 Å². The second-order valence-electron chi connectivity index (χ2n) is 0.0833. The van der Waals surface area contributed by atoms with Gasteiger partial charge in [-0.1, -0.05) is 0 Å². The van der Waals surface area contributed by atoms with Crippen LogP contribution in [0.15, 0.2) is 0 Å². The minimum atomic E-state index is 0. The Balaban J connectivity index is 0. The molecule has 0 aliphatic rings. The molecule has 0 unspecified atom stereocenters. The molecule has 16 valence electrons. The van der Waals surface area contributed by atoms with E-state index in [1.54, 1.807) is 0 Å². The first-order valence-electron chi connectivity index (χ1n) is 0.408. The van der Waals surface area contributed by atoms with Crippen LogP contribution in [0.4, 0.5) is 0 Å². The molecule has 0 bridgehead atoms. The first-order valence-corrected chi connectivity index (χ1v) is 0.408. The minimum Gasteiger partial charge on any atom is -0.186 e. The van der Waals surface area contributed by atoms with E-state index in [1.807, 2.05) is 0 Å². The van der Waals surface area contributed by atoms with E-state index in [4.69, 9.17) is 9.59 Å². The van der Waals surface area contributed by atoms with Gasteiger partial charge in [-0.25, -0.2) is 0 Å². The van der Waals surface area contributed by atoms with E-state index < -0.39 is 0 Å². The van der Waals surface area contributed by atoms with Gasteiger partial charge in [0.05, 0.1) is 0 Å². The van der Waals surface area contributed by atoms with Crippen molar-refractivity contribution < 1.29 is 9.59 Å². The Bertz CT molecular complexity index is 27.0. The van der Waals surface area contributed by atoms with E-state index >= 15 is 0 Å². The summed E-state index contributed by atoms with van der Waals surface area (Å²) in [6.07, 6.45) is 0.250. The molecule has 0 aromatic rings. The van der Waals surface area contributed by atoms with Crippen molar-refractivity contribution in [2.45, 2.75) is 0 Å². The zero-order chi connectivity index (χ0) is 2.71. The predicted molar refractivity (Wildman–Crippen MR) is 10.8 cm³/mol. The standard InChI is InChI=1S/CO2.Mg/c2-1-3;/q;+2. The molecular weight excluding hydrogens is 68.3 g/mol. The van der Waals surface area contributed by atoms with Crippen LogP contribution >= 0.6 is 0 Å². The summed E-state index contributed by atoms with van der Waals surface area (Å²) in [6, 6.07) is 0. The first kappa shape index (κ1) is 8.91. The molecule has 0 aromatic heterocycles. The first-order chi connectivity index (χ1) is 1.41. The third-order valence-electron chi connectivity index (χ3n) is 0. The van der Waals surface area contributed by atoms with Crippen molar-refractivity contribution in [1.82, 2.24) is 0 Å². The topological polar surface area (TPSA) is 34.1 Å². The summed E-state index contributed by atoms with van der Waals surface area (Å²) in [5, 5.41) is 0. The van der Waals surface area contributed by atoms with Crippen molar-refractivity contribution in [2.75, 3.05) is 0 Å². The molecule has 4 heavy (non-hydrogen) atoms. The SMILES string of the molecule is O=C=O.[Mg+2]. The molecule has 0 aliphatic carbocycles. The molecule has 0 fully saturated rings. The van der Waals surface area contributed by atoms with Gasteiger partial charge in [-0.15, -0.1) is 0 Å². The van der Waals surface area contributed by atoms with Crippen LogP contribution in [0, 0.1) is 0 Å². The molecule has 2 nitrogen and oxygen atoms in total. The maximum atomic E-state index is 8.12. The quantitative estimate of drug-likeness (QED) is 0.343. The minimum absolute atomic E-state index is 0. The predicted octanol–water partition coefficient (Wildman–Crippen LogP) is -0.964. The molecule has 0 atom stereocenters. The second-order valence-corrected chi connectivity index (χ2v) is 0.0833. The Morgan fingerprint density at radius 2 is 1.25 bits per heavy atom. The molecule has 0 saturated heterocycles. The molecule has 0 heterocycles. The third kappa shape index (κ3) is 132. The van der Waals surface area contributed by atoms with E-state index in [2.05, 4.69) is 0 Å².